The van der Waals surface area contributed by atoms with E-state index in [4.69, 9.17) is 0 Å². The summed E-state index contributed by atoms with van der Waals surface area (Å²) >= 11 is 0. The molecule has 0 aliphatic carbocycles. The van der Waals surface area contributed by atoms with Crippen LogP contribution in [0.3, 0.4) is 0 Å². The molecule has 0 radical (unpaired) electrons. The number of nitrogens with zero attached hydrogens (tertiary/aromatic N) is 1. The predicted molar refractivity (Wildman–Crippen MR) is 103 cm³/mol. The second-order valence-electron chi connectivity index (χ2n) is 7.03. The third-order valence-corrected chi connectivity index (χ3v) is 5.31. The molecule has 5 rings (SSSR count). The number of fused-ring (bicyclic) bond motifs is 2. The van der Waals surface area contributed by atoms with Crippen LogP contribution in [-0.4, -0.2) is 23.9 Å². The van der Waals surface area contributed by atoms with E-state index in [1.807, 2.05) is 36.4 Å². The molecule has 3 heterocycles. The number of rotatable bonds is 6. The van der Waals surface area contributed by atoms with Crippen LogP contribution in [0, 0.1) is 5.92 Å². The molecule has 0 atom stereocenters. The SMILES string of the molecule is O=C(NCc1ccccc1)C1=C(NCc2ccccc2)C2CCN1CC2. The zero-order valence-corrected chi connectivity index (χ0v) is 14.9. The van der Waals surface area contributed by atoms with Crippen LogP contribution in [-0.2, 0) is 17.9 Å². The number of benzene rings is 2. The fourth-order valence-electron chi connectivity index (χ4n) is 3.90. The van der Waals surface area contributed by atoms with Crippen LogP contribution in [0.2, 0.25) is 0 Å². The molecular formula is C22H25N3O. The topological polar surface area (TPSA) is 44.4 Å². The van der Waals surface area contributed by atoms with Crippen molar-refractivity contribution >= 4 is 5.91 Å². The van der Waals surface area contributed by atoms with Crippen molar-refractivity contribution in [1.82, 2.24) is 15.5 Å². The zero-order valence-electron chi connectivity index (χ0n) is 14.9. The van der Waals surface area contributed by atoms with Crippen LogP contribution in [0.5, 0.6) is 0 Å². The van der Waals surface area contributed by atoms with Crippen LogP contribution in [0.1, 0.15) is 24.0 Å². The predicted octanol–water partition coefficient (Wildman–Crippen LogP) is 3.03. The van der Waals surface area contributed by atoms with Crippen LogP contribution >= 0.6 is 0 Å². The Kier molecular flexibility index (Phi) is 4.91. The van der Waals surface area contributed by atoms with Crippen molar-refractivity contribution < 1.29 is 4.79 Å². The number of piperidine rings is 1. The summed E-state index contributed by atoms with van der Waals surface area (Å²) < 4.78 is 0. The highest BCUT2D eigenvalue weighted by Gasteiger charge is 2.36. The molecule has 2 aromatic rings. The highest BCUT2D eigenvalue weighted by atomic mass is 16.2. The minimum Gasteiger partial charge on any atom is -0.382 e. The van der Waals surface area contributed by atoms with Gasteiger partial charge >= 0.3 is 0 Å². The third-order valence-electron chi connectivity index (χ3n) is 5.31. The Labute approximate surface area is 154 Å². The summed E-state index contributed by atoms with van der Waals surface area (Å²) in [6.45, 7) is 3.29. The van der Waals surface area contributed by atoms with Crippen LogP contribution < -0.4 is 10.6 Å². The molecule has 4 heteroatoms. The van der Waals surface area contributed by atoms with Crippen molar-refractivity contribution in [2.75, 3.05) is 13.1 Å². The molecular weight excluding hydrogens is 322 g/mol. The van der Waals surface area contributed by atoms with Gasteiger partial charge in [-0.05, 0) is 24.0 Å². The summed E-state index contributed by atoms with van der Waals surface area (Å²) in [6, 6.07) is 20.4. The first-order chi connectivity index (χ1) is 12.8. The number of allylic oxidation sites excluding steroid dienone is 1. The molecule has 134 valence electrons. The minimum absolute atomic E-state index is 0.0359. The first-order valence-corrected chi connectivity index (χ1v) is 9.40. The van der Waals surface area contributed by atoms with Crippen LogP contribution in [0.25, 0.3) is 0 Å². The number of carbonyl (C=O) groups is 1. The van der Waals surface area contributed by atoms with Gasteiger partial charge in [-0.25, -0.2) is 0 Å². The van der Waals surface area contributed by atoms with Crippen molar-refractivity contribution in [3.05, 3.63) is 83.2 Å². The van der Waals surface area contributed by atoms with E-state index in [0.29, 0.717) is 12.5 Å². The fraction of sp³-hybridized carbons (Fsp3) is 0.318. The van der Waals surface area contributed by atoms with Gasteiger partial charge in [0, 0.05) is 37.8 Å². The van der Waals surface area contributed by atoms with Crippen LogP contribution in [0.4, 0.5) is 0 Å². The Morgan fingerprint density at radius 1 is 0.885 bits per heavy atom. The van der Waals surface area contributed by atoms with Gasteiger partial charge in [-0.2, -0.15) is 0 Å². The first kappa shape index (κ1) is 16.7. The van der Waals surface area contributed by atoms with Gasteiger partial charge in [0.2, 0.25) is 0 Å². The molecule has 0 aromatic heterocycles. The molecule has 2 bridgehead atoms. The standard InChI is InChI=1S/C22H25N3O/c26-22(24-16-18-9-5-2-6-10-18)21-20(19-11-13-25(21)14-12-19)23-15-17-7-3-1-4-8-17/h1-10,19,23H,11-16H2,(H,24,26). The van der Waals surface area contributed by atoms with Gasteiger partial charge in [0.05, 0.1) is 0 Å². The maximum absolute atomic E-state index is 12.9. The summed E-state index contributed by atoms with van der Waals surface area (Å²) in [7, 11) is 0. The molecule has 1 amide bonds. The van der Waals surface area contributed by atoms with Gasteiger partial charge in [0.25, 0.3) is 5.91 Å². The average molecular weight is 347 g/mol. The molecule has 1 fully saturated rings. The molecule has 0 unspecified atom stereocenters. The molecule has 0 spiro atoms. The lowest BCUT2D eigenvalue weighted by Crippen LogP contribution is -2.48. The first-order valence-electron chi connectivity index (χ1n) is 9.40. The molecule has 3 aliphatic rings. The Balaban J connectivity index is 1.50. The number of hydrogen-bond acceptors (Lipinski definition) is 3. The lowest BCUT2D eigenvalue weighted by atomic mass is 9.86. The zero-order chi connectivity index (χ0) is 17.8. The lowest BCUT2D eigenvalue weighted by molar-refractivity contribution is -0.120. The summed E-state index contributed by atoms with van der Waals surface area (Å²) in [6.07, 6.45) is 2.26. The second kappa shape index (κ2) is 7.65. The highest BCUT2D eigenvalue weighted by molar-refractivity contribution is 5.94. The maximum Gasteiger partial charge on any atom is 0.269 e. The normalized spacial score (nSPS) is 16.7. The highest BCUT2D eigenvalue weighted by Crippen LogP contribution is 2.34. The number of nitrogens with one attached hydrogen (secondary N) is 2. The maximum atomic E-state index is 12.9. The lowest BCUT2D eigenvalue weighted by Gasteiger charge is -2.43. The molecule has 2 N–H and O–H groups in total. The van der Waals surface area contributed by atoms with Gasteiger partial charge in [-0.15, -0.1) is 0 Å². The molecule has 0 saturated carbocycles. The molecule has 3 aliphatic heterocycles. The van der Waals surface area contributed by atoms with E-state index in [2.05, 4.69) is 39.8 Å². The van der Waals surface area contributed by atoms with E-state index in [9.17, 15) is 4.79 Å². The summed E-state index contributed by atoms with van der Waals surface area (Å²) in [4.78, 5) is 15.2. The van der Waals surface area contributed by atoms with Crippen molar-refractivity contribution in [2.24, 2.45) is 5.92 Å². The van der Waals surface area contributed by atoms with E-state index in [0.717, 1.165) is 49.4 Å². The van der Waals surface area contributed by atoms with Gasteiger partial charge in [0.15, 0.2) is 0 Å². The smallest absolute Gasteiger partial charge is 0.269 e. The molecule has 26 heavy (non-hydrogen) atoms. The number of amides is 1. The van der Waals surface area contributed by atoms with Crippen molar-refractivity contribution in [3.63, 3.8) is 0 Å². The van der Waals surface area contributed by atoms with E-state index >= 15 is 0 Å². The Morgan fingerprint density at radius 3 is 2.08 bits per heavy atom. The largest absolute Gasteiger partial charge is 0.382 e. The summed E-state index contributed by atoms with van der Waals surface area (Å²) in [5, 5.41) is 6.68. The molecule has 2 aromatic carbocycles. The third kappa shape index (κ3) is 3.59. The molecule has 1 saturated heterocycles. The number of carbonyl (C=O) groups excluding carboxylic acids is 1. The summed E-state index contributed by atoms with van der Waals surface area (Å²) in [5.41, 5.74) is 4.33. The van der Waals surface area contributed by atoms with Crippen molar-refractivity contribution in [1.29, 1.82) is 0 Å². The quantitative estimate of drug-likeness (QED) is 0.844. The van der Waals surface area contributed by atoms with E-state index < -0.39 is 0 Å². The van der Waals surface area contributed by atoms with Gasteiger partial charge in [0.1, 0.15) is 5.70 Å². The van der Waals surface area contributed by atoms with E-state index in [1.165, 1.54) is 5.56 Å². The Hall–Kier alpha value is -2.75. The monoisotopic (exact) mass is 347 g/mol. The molecule has 4 nitrogen and oxygen atoms in total. The van der Waals surface area contributed by atoms with Gasteiger partial charge < -0.3 is 15.5 Å². The summed E-state index contributed by atoms with van der Waals surface area (Å²) in [5.74, 6) is 0.509. The minimum atomic E-state index is 0.0359. The number of hydrogen-bond donors (Lipinski definition) is 2. The van der Waals surface area contributed by atoms with Gasteiger partial charge in [-0.1, -0.05) is 60.7 Å². The fourth-order valence-corrected chi connectivity index (χ4v) is 3.90. The second-order valence-corrected chi connectivity index (χ2v) is 7.03. The van der Waals surface area contributed by atoms with Gasteiger partial charge in [-0.3, -0.25) is 4.79 Å². The van der Waals surface area contributed by atoms with E-state index in [-0.39, 0.29) is 5.91 Å². The van der Waals surface area contributed by atoms with Crippen molar-refractivity contribution in [3.8, 4) is 0 Å². The van der Waals surface area contributed by atoms with E-state index in [1.54, 1.807) is 0 Å². The average Bonchev–Trinajstić information content (AvgIpc) is 2.72. The Bertz CT molecular complexity index is 778. The van der Waals surface area contributed by atoms with Crippen molar-refractivity contribution in [2.45, 2.75) is 25.9 Å². The van der Waals surface area contributed by atoms with Crippen LogP contribution in [0.15, 0.2) is 72.1 Å². The Morgan fingerprint density at radius 2 is 1.46 bits per heavy atom.